The number of hydrazone groups is 1. The molecule has 1 aromatic rings. The fraction of sp³-hybridized carbons (Fsp3) is 0.250. The Bertz CT molecular complexity index is 540. The zero-order valence-corrected chi connectivity index (χ0v) is 9.83. The summed E-state index contributed by atoms with van der Waals surface area (Å²) >= 11 is 0. The van der Waals surface area contributed by atoms with Gasteiger partial charge in [-0.05, 0) is 30.2 Å². The summed E-state index contributed by atoms with van der Waals surface area (Å²) in [4.78, 5) is 0. The van der Waals surface area contributed by atoms with Gasteiger partial charge >= 0.3 is 0 Å². The maximum Gasteiger partial charge on any atom is 0.201 e. The Balaban J connectivity index is 2.25. The number of hydrogen-bond donors (Lipinski definition) is 4. The number of nitrogens with zero attached hydrogens (tertiary/aromatic N) is 2. The number of benzene rings is 1. The van der Waals surface area contributed by atoms with Crippen molar-refractivity contribution in [1.29, 1.82) is 10.7 Å². The van der Waals surface area contributed by atoms with Crippen molar-refractivity contribution in [2.75, 3.05) is 12.0 Å². The number of rotatable bonds is 3. The Morgan fingerprint density at radius 1 is 1.56 bits per heavy atom. The van der Waals surface area contributed by atoms with Gasteiger partial charge in [0.25, 0.3) is 0 Å². The van der Waals surface area contributed by atoms with Crippen LogP contribution in [0.3, 0.4) is 0 Å². The van der Waals surface area contributed by atoms with Crippen LogP contribution in [0.4, 0.5) is 5.69 Å². The molecule has 2 rings (SSSR count). The first-order valence-electron chi connectivity index (χ1n) is 5.62. The number of nitriles is 1. The molecule has 18 heavy (non-hydrogen) atoms. The molecule has 0 saturated heterocycles. The molecule has 0 spiro atoms. The van der Waals surface area contributed by atoms with Gasteiger partial charge in [0.15, 0.2) is 5.84 Å². The molecular weight excluding hydrogens is 228 g/mol. The van der Waals surface area contributed by atoms with Crippen molar-refractivity contribution < 1.29 is 0 Å². The maximum absolute atomic E-state index is 8.76. The van der Waals surface area contributed by atoms with E-state index >= 15 is 0 Å². The molecule has 0 radical (unpaired) electrons. The van der Waals surface area contributed by atoms with Gasteiger partial charge in [0.1, 0.15) is 6.07 Å². The largest absolute Gasteiger partial charge is 0.382 e. The maximum atomic E-state index is 8.76. The topological polar surface area (TPSA) is 110 Å². The highest BCUT2D eigenvalue weighted by molar-refractivity contribution is 6.45. The Hall–Kier alpha value is -2.39. The van der Waals surface area contributed by atoms with Crippen LogP contribution in [0.5, 0.6) is 0 Å². The average Bonchev–Trinajstić information content (AvgIpc) is 2.39. The number of fused-ring (bicyclic) bond motifs is 1. The minimum Gasteiger partial charge on any atom is -0.382 e. The predicted molar refractivity (Wildman–Crippen MR) is 70.4 cm³/mol. The molecule has 0 aliphatic carbocycles. The number of anilines is 1. The van der Waals surface area contributed by atoms with Crippen LogP contribution < -0.4 is 16.5 Å². The normalized spacial score (nSPS) is 14.5. The average molecular weight is 242 g/mol. The van der Waals surface area contributed by atoms with E-state index in [0.717, 1.165) is 30.8 Å². The van der Waals surface area contributed by atoms with Crippen molar-refractivity contribution >= 4 is 17.2 Å². The van der Waals surface area contributed by atoms with E-state index in [0.29, 0.717) is 0 Å². The van der Waals surface area contributed by atoms with Crippen LogP contribution in [0.2, 0.25) is 0 Å². The Labute approximate surface area is 105 Å². The standard InChI is InChI=1S/C12H14N6/c13-6-11(12(14)15)18-17-10-3-1-2-8-4-5-16-7-9(8)10/h1-3,16-17H,4-5,7H2,(H3,14,15)/b18-11+. The van der Waals surface area contributed by atoms with Crippen molar-refractivity contribution in [3.8, 4) is 6.07 Å². The lowest BCUT2D eigenvalue weighted by Gasteiger charge is -2.19. The summed E-state index contributed by atoms with van der Waals surface area (Å²) < 4.78 is 0. The van der Waals surface area contributed by atoms with Gasteiger partial charge in [0.2, 0.25) is 5.71 Å². The van der Waals surface area contributed by atoms with Gasteiger partial charge in [-0.25, -0.2) is 0 Å². The summed E-state index contributed by atoms with van der Waals surface area (Å²) in [5.41, 5.74) is 11.2. The fourth-order valence-electron chi connectivity index (χ4n) is 1.88. The fourth-order valence-corrected chi connectivity index (χ4v) is 1.88. The van der Waals surface area contributed by atoms with E-state index in [-0.39, 0.29) is 11.5 Å². The molecule has 0 unspecified atom stereocenters. The van der Waals surface area contributed by atoms with Crippen LogP contribution in [-0.2, 0) is 13.0 Å². The van der Waals surface area contributed by atoms with Gasteiger partial charge in [-0.1, -0.05) is 12.1 Å². The minimum atomic E-state index is -0.340. The van der Waals surface area contributed by atoms with Crippen molar-refractivity contribution in [3.63, 3.8) is 0 Å². The van der Waals surface area contributed by atoms with E-state index in [1.54, 1.807) is 6.07 Å². The van der Waals surface area contributed by atoms with E-state index in [2.05, 4.69) is 21.9 Å². The third-order valence-electron chi connectivity index (χ3n) is 2.80. The van der Waals surface area contributed by atoms with Crippen LogP contribution in [0.25, 0.3) is 0 Å². The van der Waals surface area contributed by atoms with E-state index in [1.165, 1.54) is 5.56 Å². The molecule has 6 heteroatoms. The quantitative estimate of drug-likeness (QED) is 0.352. The molecule has 0 saturated carbocycles. The van der Waals surface area contributed by atoms with Gasteiger partial charge < -0.3 is 11.1 Å². The molecule has 0 aromatic heterocycles. The number of amidine groups is 1. The van der Waals surface area contributed by atoms with Crippen molar-refractivity contribution in [2.24, 2.45) is 10.8 Å². The lowest BCUT2D eigenvalue weighted by molar-refractivity contribution is 0.645. The number of nitrogens with one attached hydrogen (secondary N) is 3. The second-order valence-corrected chi connectivity index (χ2v) is 3.97. The van der Waals surface area contributed by atoms with Crippen molar-refractivity contribution in [2.45, 2.75) is 13.0 Å². The summed E-state index contributed by atoms with van der Waals surface area (Å²) in [6.07, 6.45) is 0.979. The zero-order chi connectivity index (χ0) is 13.0. The van der Waals surface area contributed by atoms with E-state index < -0.39 is 0 Å². The smallest absolute Gasteiger partial charge is 0.201 e. The molecule has 1 aliphatic heterocycles. The molecular formula is C12H14N6. The SMILES string of the molecule is N#C/C(=N\Nc1cccc2c1CNCC2)C(=N)N. The highest BCUT2D eigenvalue weighted by Gasteiger charge is 2.12. The molecule has 92 valence electrons. The molecule has 1 aliphatic rings. The molecule has 5 N–H and O–H groups in total. The molecule has 6 nitrogen and oxygen atoms in total. The lowest BCUT2D eigenvalue weighted by atomic mass is 10.00. The van der Waals surface area contributed by atoms with Crippen LogP contribution >= 0.6 is 0 Å². The summed E-state index contributed by atoms with van der Waals surface area (Å²) in [6, 6.07) is 7.70. The third-order valence-corrected chi connectivity index (χ3v) is 2.80. The Morgan fingerprint density at radius 3 is 3.11 bits per heavy atom. The highest BCUT2D eigenvalue weighted by Crippen LogP contribution is 2.22. The van der Waals surface area contributed by atoms with Gasteiger partial charge in [-0.2, -0.15) is 10.4 Å². The minimum absolute atomic E-state index is 0.114. The van der Waals surface area contributed by atoms with Crippen LogP contribution in [-0.4, -0.2) is 18.1 Å². The molecule has 1 aromatic carbocycles. The molecule has 0 bridgehead atoms. The van der Waals surface area contributed by atoms with Crippen LogP contribution in [0.15, 0.2) is 23.3 Å². The van der Waals surface area contributed by atoms with Crippen LogP contribution in [0, 0.1) is 16.7 Å². The Morgan fingerprint density at radius 2 is 2.39 bits per heavy atom. The lowest BCUT2D eigenvalue weighted by Crippen LogP contribution is -2.25. The van der Waals surface area contributed by atoms with Gasteiger partial charge in [-0.3, -0.25) is 10.8 Å². The predicted octanol–water partition coefficient (Wildman–Crippen LogP) is 0.560. The number of hydrogen-bond acceptors (Lipinski definition) is 5. The van der Waals surface area contributed by atoms with Crippen LogP contribution in [0.1, 0.15) is 11.1 Å². The third kappa shape index (κ3) is 2.47. The summed E-state index contributed by atoms with van der Waals surface area (Å²) in [7, 11) is 0. The van der Waals surface area contributed by atoms with Gasteiger partial charge in [0, 0.05) is 6.54 Å². The monoisotopic (exact) mass is 242 g/mol. The van der Waals surface area contributed by atoms with Gasteiger partial charge in [-0.15, -0.1) is 0 Å². The van der Waals surface area contributed by atoms with E-state index in [9.17, 15) is 0 Å². The number of nitrogens with two attached hydrogens (primary N) is 1. The van der Waals surface area contributed by atoms with Gasteiger partial charge in [0.05, 0.1) is 5.69 Å². The first-order chi connectivity index (χ1) is 8.72. The molecule has 0 fully saturated rings. The molecule has 0 amide bonds. The van der Waals surface area contributed by atoms with Crippen molar-refractivity contribution in [3.05, 3.63) is 29.3 Å². The van der Waals surface area contributed by atoms with Crippen molar-refractivity contribution in [1.82, 2.24) is 5.32 Å². The van der Waals surface area contributed by atoms with E-state index in [1.807, 2.05) is 12.1 Å². The first kappa shape index (κ1) is 12.1. The zero-order valence-electron chi connectivity index (χ0n) is 9.83. The molecule has 1 heterocycles. The summed E-state index contributed by atoms with van der Waals surface area (Å²) in [6.45, 7) is 1.74. The first-order valence-corrected chi connectivity index (χ1v) is 5.62. The molecule has 0 atom stereocenters. The second-order valence-electron chi connectivity index (χ2n) is 3.97. The summed E-state index contributed by atoms with van der Waals surface area (Å²) in [5, 5.41) is 23.1. The summed E-state index contributed by atoms with van der Waals surface area (Å²) in [5.74, 6) is -0.340. The second kappa shape index (κ2) is 5.29. The Kier molecular flexibility index (Phi) is 3.55. The van der Waals surface area contributed by atoms with E-state index in [4.69, 9.17) is 16.4 Å². The highest BCUT2D eigenvalue weighted by atomic mass is 15.3.